The first-order valence-corrected chi connectivity index (χ1v) is 5.45. The average Bonchev–Trinajstić information content (AvgIpc) is 2.02. The van der Waals surface area contributed by atoms with Crippen LogP contribution in [0.2, 0.25) is 0 Å². The van der Waals surface area contributed by atoms with Gasteiger partial charge in [0.15, 0.2) is 0 Å². The first-order valence-electron chi connectivity index (χ1n) is 5.45. The predicted molar refractivity (Wildman–Crippen MR) is 57.6 cm³/mol. The van der Waals surface area contributed by atoms with Gasteiger partial charge in [0.2, 0.25) is 0 Å². The van der Waals surface area contributed by atoms with Gasteiger partial charge in [0.05, 0.1) is 24.9 Å². The summed E-state index contributed by atoms with van der Waals surface area (Å²) < 4.78 is 11.2. The van der Waals surface area contributed by atoms with E-state index in [9.17, 15) is 0 Å². The predicted octanol–water partition coefficient (Wildman–Crippen LogP) is 1.52. The molecule has 0 radical (unpaired) electrons. The summed E-state index contributed by atoms with van der Waals surface area (Å²) in [7, 11) is 0. The Labute approximate surface area is 87.4 Å². The fourth-order valence-corrected chi connectivity index (χ4v) is 1.79. The van der Waals surface area contributed by atoms with E-state index in [0.717, 1.165) is 32.8 Å². The molecule has 1 atom stereocenters. The molecular weight excluding hydrogens is 178 g/mol. The lowest BCUT2D eigenvalue weighted by Crippen LogP contribution is -2.42. The van der Waals surface area contributed by atoms with Crippen LogP contribution < -0.4 is 0 Å². The average molecular weight is 201 g/mol. The summed E-state index contributed by atoms with van der Waals surface area (Å²) in [5.41, 5.74) is -0.0360. The molecule has 0 aliphatic carbocycles. The molecule has 0 saturated carbocycles. The standard InChI is InChI=1S/C11H23NO2/c1-10(14-11(2,3)4)9-12-5-7-13-8-6-12/h10H,5-9H2,1-4H3. The number of ether oxygens (including phenoxy) is 2. The van der Waals surface area contributed by atoms with Crippen molar-refractivity contribution in [2.24, 2.45) is 0 Å². The molecular formula is C11H23NO2. The Morgan fingerprint density at radius 1 is 1.29 bits per heavy atom. The lowest BCUT2D eigenvalue weighted by molar-refractivity contribution is -0.0724. The van der Waals surface area contributed by atoms with E-state index in [1.165, 1.54) is 0 Å². The van der Waals surface area contributed by atoms with Gasteiger partial charge in [-0.2, -0.15) is 0 Å². The minimum Gasteiger partial charge on any atom is -0.379 e. The molecule has 0 aromatic carbocycles. The van der Waals surface area contributed by atoms with E-state index >= 15 is 0 Å². The second-order valence-electron chi connectivity index (χ2n) is 4.95. The Morgan fingerprint density at radius 2 is 1.86 bits per heavy atom. The van der Waals surface area contributed by atoms with Crippen LogP contribution in [0.4, 0.5) is 0 Å². The number of morpholine rings is 1. The SMILES string of the molecule is CC(CN1CCOCC1)OC(C)(C)C. The molecule has 14 heavy (non-hydrogen) atoms. The third-order valence-corrected chi connectivity index (χ3v) is 2.17. The highest BCUT2D eigenvalue weighted by atomic mass is 16.5. The number of hydrogen-bond acceptors (Lipinski definition) is 3. The van der Waals surface area contributed by atoms with Crippen LogP contribution in [-0.2, 0) is 9.47 Å². The maximum atomic E-state index is 5.86. The van der Waals surface area contributed by atoms with E-state index < -0.39 is 0 Å². The molecule has 0 spiro atoms. The van der Waals surface area contributed by atoms with Gasteiger partial charge in [-0.25, -0.2) is 0 Å². The Balaban J connectivity index is 2.21. The van der Waals surface area contributed by atoms with E-state index in [0.29, 0.717) is 6.10 Å². The van der Waals surface area contributed by atoms with E-state index in [1.807, 2.05) is 0 Å². The van der Waals surface area contributed by atoms with Gasteiger partial charge in [0, 0.05) is 19.6 Å². The molecule has 1 rings (SSSR count). The Morgan fingerprint density at radius 3 is 2.36 bits per heavy atom. The van der Waals surface area contributed by atoms with E-state index in [2.05, 4.69) is 32.6 Å². The van der Waals surface area contributed by atoms with Crippen LogP contribution in [-0.4, -0.2) is 49.5 Å². The lowest BCUT2D eigenvalue weighted by Gasteiger charge is -2.32. The normalized spacial score (nSPS) is 22.3. The largest absolute Gasteiger partial charge is 0.379 e. The van der Waals surface area contributed by atoms with Crippen LogP contribution >= 0.6 is 0 Å². The second-order valence-corrected chi connectivity index (χ2v) is 4.95. The molecule has 0 bridgehead atoms. The first kappa shape index (κ1) is 12.0. The molecule has 1 aliphatic heterocycles. The zero-order valence-electron chi connectivity index (χ0n) is 9.88. The summed E-state index contributed by atoms with van der Waals surface area (Å²) in [6.07, 6.45) is 0.299. The van der Waals surface area contributed by atoms with Crippen molar-refractivity contribution < 1.29 is 9.47 Å². The van der Waals surface area contributed by atoms with Gasteiger partial charge in [0.1, 0.15) is 0 Å². The Bertz CT molecular complexity index is 159. The van der Waals surface area contributed by atoms with Crippen molar-refractivity contribution in [3.05, 3.63) is 0 Å². The van der Waals surface area contributed by atoms with E-state index in [4.69, 9.17) is 9.47 Å². The smallest absolute Gasteiger partial charge is 0.0681 e. The van der Waals surface area contributed by atoms with Crippen molar-refractivity contribution in [1.29, 1.82) is 0 Å². The van der Waals surface area contributed by atoms with Gasteiger partial charge in [-0.3, -0.25) is 4.90 Å². The van der Waals surface area contributed by atoms with Crippen molar-refractivity contribution in [3.8, 4) is 0 Å². The lowest BCUT2D eigenvalue weighted by atomic mass is 10.2. The quantitative estimate of drug-likeness (QED) is 0.691. The fraction of sp³-hybridized carbons (Fsp3) is 1.00. The third-order valence-electron chi connectivity index (χ3n) is 2.17. The molecule has 3 heteroatoms. The molecule has 1 heterocycles. The van der Waals surface area contributed by atoms with Crippen molar-refractivity contribution in [2.75, 3.05) is 32.8 Å². The molecule has 0 amide bonds. The Hall–Kier alpha value is -0.120. The van der Waals surface area contributed by atoms with E-state index in [-0.39, 0.29) is 5.60 Å². The number of nitrogens with zero attached hydrogens (tertiary/aromatic N) is 1. The topological polar surface area (TPSA) is 21.7 Å². The van der Waals surface area contributed by atoms with Crippen molar-refractivity contribution >= 4 is 0 Å². The summed E-state index contributed by atoms with van der Waals surface area (Å²) in [6.45, 7) is 13.3. The van der Waals surface area contributed by atoms with Crippen LogP contribution in [0.3, 0.4) is 0 Å². The fourth-order valence-electron chi connectivity index (χ4n) is 1.79. The van der Waals surface area contributed by atoms with E-state index in [1.54, 1.807) is 0 Å². The molecule has 1 saturated heterocycles. The summed E-state index contributed by atoms with van der Waals surface area (Å²) in [5, 5.41) is 0. The highest BCUT2D eigenvalue weighted by Crippen LogP contribution is 2.11. The number of rotatable bonds is 3. The summed E-state index contributed by atoms with van der Waals surface area (Å²) in [6, 6.07) is 0. The number of hydrogen-bond donors (Lipinski definition) is 0. The van der Waals surface area contributed by atoms with Crippen LogP contribution in [0.5, 0.6) is 0 Å². The van der Waals surface area contributed by atoms with Gasteiger partial charge >= 0.3 is 0 Å². The van der Waals surface area contributed by atoms with Gasteiger partial charge in [0.25, 0.3) is 0 Å². The molecule has 3 nitrogen and oxygen atoms in total. The molecule has 84 valence electrons. The molecule has 1 fully saturated rings. The zero-order chi connectivity index (χ0) is 10.6. The third kappa shape index (κ3) is 4.94. The minimum absolute atomic E-state index is 0.0360. The van der Waals surface area contributed by atoms with Gasteiger partial charge in [-0.05, 0) is 27.7 Å². The molecule has 1 unspecified atom stereocenters. The van der Waals surface area contributed by atoms with Crippen LogP contribution in [0.1, 0.15) is 27.7 Å². The molecule has 0 aromatic heterocycles. The highest BCUT2D eigenvalue weighted by molar-refractivity contribution is 4.69. The monoisotopic (exact) mass is 201 g/mol. The highest BCUT2D eigenvalue weighted by Gasteiger charge is 2.18. The van der Waals surface area contributed by atoms with Crippen molar-refractivity contribution in [3.63, 3.8) is 0 Å². The molecule has 0 N–H and O–H groups in total. The van der Waals surface area contributed by atoms with Crippen LogP contribution in [0.25, 0.3) is 0 Å². The second kappa shape index (κ2) is 5.10. The van der Waals surface area contributed by atoms with Gasteiger partial charge in [-0.1, -0.05) is 0 Å². The maximum absolute atomic E-state index is 5.86. The summed E-state index contributed by atoms with van der Waals surface area (Å²) >= 11 is 0. The van der Waals surface area contributed by atoms with Gasteiger partial charge < -0.3 is 9.47 Å². The minimum atomic E-state index is -0.0360. The molecule has 0 aromatic rings. The maximum Gasteiger partial charge on any atom is 0.0681 e. The first-order chi connectivity index (χ1) is 6.47. The molecule has 1 aliphatic rings. The zero-order valence-corrected chi connectivity index (χ0v) is 9.88. The van der Waals surface area contributed by atoms with Crippen molar-refractivity contribution in [2.45, 2.75) is 39.4 Å². The summed E-state index contributed by atoms with van der Waals surface area (Å²) in [4.78, 5) is 2.40. The van der Waals surface area contributed by atoms with Crippen molar-refractivity contribution in [1.82, 2.24) is 4.90 Å². The van der Waals surface area contributed by atoms with Gasteiger partial charge in [-0.15, -0.1) is 0 Å². The Kier molecular flexibility index (Phi) is 4.35. The van der Waals surface area contributed by atoms with Crippen LogP contribution in [0.15, 0.2) is 0 Å². The summed E-state index contributed by atoms with van der Waals surface area (Å²) in [5.74, 6) is 0. The van der Waals surface area contributed by atoms with Crippen LogP contribution in [0, 0.1) is 0 Å².